The zero-order valence-electron chi connectivity index (χ0n) is 13.4. The van der Waals surface area contributed by atoms with Crippen LogP contribution in [0, 0.1) is 11.3 Å². The molecule has 24 heavy (non-hydrogen) atoms. The van der Waals surface area contributed by atoms with Crippen molar-refractivity contribution in [3.8, 4) is 0 Å². The molecule has 9 heteroatoms. The molecule has 0 aliphatic carbocycles. The Hall–Kier alpha value is -1.87. The number of carbonyl (C=O) groups is 3. The van der Waals surface area contributed by atoms with Crippen LogP contribution in [0.4, 0.5) is 4.79 Å². The molecule has 0 radical (unpaired) electrons. The molecule has 3 saturated heterocycles. The molecule has 134 valence electrons. The van der Waals surface area contributed by atoms with Crippen LogP contribution in [0.2, 0.25) is 0 Å². The molecular weight excluding hydrogens is 318 g/mol. The molecule has 1 spiro atoms. The number of amides is 3. The van der Waals surface area contributed by atoms with Gasteiger partial charge in [0.05, 0.1) is 24.7 Å². The molecule has 3 atom stereocenters. The van der Waals surface area contributed by atoms with E-state index in [9.17, 15) is 19.5 Å². The molecule has 9 nitrogen and oxygen atoms in total. The van der Waals surface area contributed by atoms with Crippen molar-refractivity contribution >= 4 is 17.9 Å². The number of ether oxygens (including phenoxy) is 1. The first-order valence-corrected chi connectivity index (χ1v) is 8.22. The normalized spacial score (nSPS) is 27.5. The lowest BCUT2D eigenvalue weighted by atomic mass is 9.77. The van der Waals surface area contributed by atoms with Gasteiger partial charge in [-0.15, -0.1) is 0 Å². The van der Waals surface area contributed by atoms with E-state index in [-0.39, 0.29) is 17.7 Å². The summed E-state index contributed by atoms with van der Waals surface area (Å²) in [6.07, 6.45) is -1.29. The number of rotatable bonds is 5. The van der Waals surface area contributed by atoms with Crippen LogP contribution in [0.3, 0.4) is 0 Å². The van der Waals surface area contributed by atoms with Gasteiger partial charge in [-0.3, -0.25) is 9.59 Å². The minimum atomic E-state index is -1.49. The first-order chi connectivity index (χ1) is 11.4. The fraction of sp³-hybridized carbons (Fsp3) is 0.800. The fourth-order valence-corrected chi connectivity index (χ4v) is 3.64. The van der Waals surface area contributed by atoms with Crippen LogP contribution in [-0.4, -0.2) is 78.0 Å². The zero-order valence-corrected chi connectivity index (χ0v) is 13.4. The quantitative estimate of drug-likeness (QED) is 0.495. The van der Waals surface area contributed by atoms with Gasteiger partial charge in [0.15, 0.2) is 6.10 Å². The van der Waals surface area contributed by atoms with Crippen LogP contribution < -0.4 is 10.6 Å². The third kappa shape index (κ3) is 3.32. The van der Waals surface area contributed by atoms with E-state index < -0.39 is 30.1 Å². The minimum Gasteiger partial charge on any atom is -0.465 e. The Morgan fingerprint density at radius 3 is 2.67 bits per heavy atom. The van der Waals surface area contributed by atoms with Crippen molar-refractivity contribution in [2.45, 2.75) is 31.4 Å². The second-order valence-electron chi connectivity index (χ2n) is 7.05. The second kappa shape index (κ2) is 6.56. The Labute approximate surface area is 139 Å². The van der Waals surface area contributed by atoms with E-state index in [1.54, 1.807) is 0 Å². The first-order valence-electron chi connectivity index (χ1n) is 8.22. The Morgan fingerprint density at radius 2 is 2.12 bits per heavy atom. The third-order valence-electron chi connectivity index (χ3n) is 5.06. The summed E-state index contributed by atoms with van der Waals surface area (Å²) in [5, 5.41) is 24.3. The zero-order chi connectivity index (χ0) is 17.3. The maximum atomic E-state index is 12.4. The predicted octanol–water partition coefficient (Wildman–Crippen LogP) is -1.24. The lowest BCUT2D eigenvalue weighted by Crippen LogP contribution is -2.69. The van der Waals surface area contributed by atoms with Crippen molar-refractivity contribution < 1.29 is 29.3 Å². The Bertz CT molecular complexity index is 527. The van der Waals surface area contributed by atoms with Crippen molar-refractivity contribution in [1.82, 2.24) is 15.5 Å². The van der Waals surface area contributed by atoms with E-state index in [0.717, 1.165) is 6.42 Å². The van der Waals surface area contributed by atoms with Gasteiger partial charge in [-0.25, -0.2) is 4.79 Å². The third-order valence-corrected chi connectivity index (χ3v) is 5.06. The maximum Gasteiger partial charge on any atom is 0.404 e. The van der Waals surface area contributed by atoms with E-state index in [0.29, 0.717) is 39.3 Å². The SMILES string of the molecule is O=C(O)NC(C[C@@H]1CCCNC1=O)C(O)C(=O)N1CC2(COC2)C1. The summed E-state index contributed by atoms with van der Waals surface area (Å²) in [5.41, 5.74) is 0.0222. The number of nitrogens with zero attached hydrogens (tertiary/aromatic N) is 1. The van der Waals surface area contributed by atoms with Crippen molar-refractivity contribution in [1.29, 1.82) is 0 Å². The summed E-state index contributed by atoms with van der Waals surface area (Å²) in [6.45, 7) is 2.88. The minimum absolute atomic E-state index is 0.0222. The molecule has 0 aromatic rings. The Balaban J connectivity index is 1.60. The van der Waals surface area contributed by atoms with Crippen LogP contribution in [0.1, 0.15) is 19.3 Å². The Morgan fingerprint density at radius 1 is 1.42 bits per heavy atom. The highest BCUT2D eigenvalue weighted by Gasteiger charge is 2.52. The van der Waals surface area contributed by atoms with Gasteiger partial charge in [-0.05, 0) is 19.3 Å². The van der Waals surface area contributed by atoms with Gasteiger partial charge in [0.2, 0.25) is 5.91 Å². The number of hydrogen-bond donors (Lipinski definition) is 4. The number of carbonyl (C=O) groups excluding carboxylic acids is 2. The number of hydrogen-bond acceptors (Lipinski definition) is 5. The standard InChI is InChI=1S/C15H23N3O6/c19-11(13(21)18-5-15(6-18)7-24-8-15)10(17-14(22)23)4-9-2-1-3-16-12(9)20/h9-11,17,19H,1-8H2,(H,16,20)(H,22,23)/t9-,10?,11?/m0/s1. The average Bonchev–Trinajstić information content (AvgIpc) is 2.44. The first kappa shape index (κ1) is 17.0. The molecule has 0 aromatic carbocycles. The number of aliphatic hydroxyl groups is 1. The molecule has 3 aliphatic heterocycles. The second-order valence-corrected chi connectivity index (χ2v) is 7.05. The lowest BCUT2D eigenvalue weighted by molar-refractivity contribution is -0.200. The van der Waals surface area contributed by atoms with Gasteiger partial charge >= 0.3 is 6.09 Å². The van der Waals surface area contributed by atoms with Gasteiger partial charge in [-0.1, -0.05) is 0 Å². The van der Waals surface area contributed by atoms with Gasteiger partial charge < -0.3 is 30.5 Å². The van der Waals surface area contributed by atoms with E-state index in [1.165, 1.54) is 4.90 Å². The lowest BCUT2D eigenvalue weighted by Gasteiger charge is -2.55. The van der Waals surface area contributed by atoms with Crippen LogP contribution in [0.5, 0.6) is 0 Å². The van der Waals surface area contributed by atoms with Crippen LogP contribution in [-0.2, 0) is 14.3 Å². The number of nitrogens with one attached hydrogen (secondary N) is 2. The van der Waals surface area contributed by atoms with Gasteiger partial charge in [0.25, 0.3) is 5.91 Å². The summed E-state index contributed by atoms with van der Waals surface area (Å²) < 4.78 is 5.15. The summed E-state index contributed by atoms with van der Waals surface area (Å²) >= 11 is 0. The van der Waals surface area contributed by atoms with E-state index in [2.05, 4.69) is 10.6 Å². The molecule has 3 fully saturated rings. The van der Waals surface area contributed by atoms with Gasteiger partial charge in [0.1, 0.15) is 0 Å². The Kier molecular flexibility index (Phi) is 4.64. The number of piperidine rings is 1. The van der Waals surface area contributed by atoms with Crippen LogP contribution in [0.25, 0.3) is 0 Å². The molecule has 0 saturated carbocycles. The van der Waals surface area contributed by atoms with E-state index >= 15 is 0 Å². The molecular formula is C15H23N3O6. The monoisotopic (exact) mass is 341 g/mol. The van der Waals surface area contributed by atoms with Crippen molar-refractivity contribution in [3.05, 3.63) is 0 Å². The number of aliphatic hydroxyl groups excluding tert-OH is 1. The van der Waals surface area contributed by atoms with Gasteiger partial charge in [-0.2, -0.15) is 0 Å². The van der Waals surface area contributed by atoms with Crippen molar-refractivity contribution in [3.63, 3.8) is 0 Å². The smallest absolute Gasteiger partial charge is 0.404 e. The summed E-state index contributed by atoms with van der Waals surface area (Å²) in [5.74, 6) is -1.06. The highest BCUT2D eigenvalue weighted by Crippen LogP contribution is 2.38. The average molecular weight is 341 g/mol. The molecule has 0 aromatic heterocycles. The molecule has 2 unspecified atom stereocenters. The molecule has 3 rings (SSSR count). The molecule has 3 heterocycles. The number of likely N-dealkylation sites (tertiary alicyclic amines) is 1. The van der Waals surface area contributed by atoms with Crippen LogP contribution >= 0.6 is 0 Å². The number of carboxylic acid groups (broad SMARTS) is 1. The van der Waals surface area contributed by atoms with Crippen molar-refractivity contribution in [2.24, 2.45) is 11.3 Å². The van der Waals surface area contributed by atoms with E-state index in [4.69, 9.17) is 9.84 Å². The molecule has 3 aliphatic rings. The fourth-order valence-electron chi connectivity index (χ4n) is 3.64. The molecule has 4 N–H and O–H groups in total. The largest absolute Gasteiger partial charge is 0.465 e. The van der Waals surface area contributed by atoms with E-state index in [1.807, 2.05) is 0 Å². The van der Waals surface area contributed by atoms with Crippen molar-refractivity contribution in [2.75, 3.05) is 32.8 Å². The highest BCUT2D eigenvalue weighted by molar-refractivity contribution is 5.84. The highest BCUT2D eigenvalue weighted by atomic mass is 16.5. The summed E-state index contributed by atoms with van der Waals surface area (Å²) in [7, 11) is 0. The molecule has 3 amide bonds. The predicted molar refractivity (Wildman–Crippen MR) is 81.1 cm³/mol. The topological polar surface area (TPSA) is 128 Å². The summed E-state index contributed by atoms with van der Waals surface area (Å²) in [4.78, 5) is 36.8. The van der Waals surface area contributed by atoms with Gasteiger partial charge in [0, 0.05) is 25.6 Å². The summed E-state index contributed by atoms with van der Waals surface area (Å²) in [6, 6.07) is -1.00. The maximum absolute atomic E-state index is 12.4. The van der Waals surface area contributed by atoms with Crippen LogP contribution in [0.15, 0.2) is 0 Å². The molecule has 0 bridgehead atoms.